The number of carbonyl (C=O) groups excluding carboxylic acids is 1. The molecule has 0 unspecified atom stereocenters. The number of thioether (sulfide) groups is 1. The maximum absolute atomic E-state index is 12.5. The first-order valence-corrected chi connectivity index (χ1v) is 9.86. The minimum atomic E-state index is -2.91. The van der Waals surface area contributed by atoms with Gasteiger partial charge < -0.3 is 9.15 Å². The van der Waals surface area contributed by atoms with Gasteiger partial charge in [-0.3, -0.25) is 9.36 Å². The minimum Gasteiger partial charge on any atom is -0.461 e. The standard InChI is InChI=1S/C21H15F2N3O3S/c22-20(23)29-16-10-8-14(9-11-16)17(27)13-30-21-25-24-19(18-7-4-12-28-18)26(21)15-5-2-1-3-6-15/h1-12,20H,13H2. The second-order valence-electron chi connectivity index (χ2n) is 6.07. The molecule has 0 amide bonds. The summed E-state index contributed by atoms with van der Waals surface area (Å²) in [4.78, 5) is 12.5. The number of halogens is 2. The van der Waals surface area contributed by atoms with Crippen LogP contribution in [0.1, 0.15) is 10.4 Å². The molecule has 152 valence electrons. The van der Waals surface area contributed by atoms with Crippen LogP contribution in [-0.2, 0) is 0 Å². The number of aromatic nitrogens is 3. The Hall–Kier alpha value is -3.46. The van der Waals surface area contributed by atoms with E-state index in [1.54, 1.807) is 18.4 Å². The number of carbonyl (C=O) groups is 1. The Kier molecular flexibility index (Phi) is 5.89. The lowest BCUT2D eigenvalue weighted by atomic mass is 10.1. The average molecular weight is 427 g/mol. The van der Waals surface area contributed by atoms with E-state index in [9.17, 15) is 13.6 Å². The molecular formula is C21H15F2N3O3S. The van der Waals surface area contributed by atoms with Gasteiger partial charge in [0.25, 0.3) is 0 Å². The Morgan fingerprint density at radius 1 is 1.03 bits per heavy atom. The van der Waals surface area contributed by atoms with E-state index in [-0.39, 0.29) is 17.3 Å². The number of furan rings is 1. The van der Waals surface area contributed by atoms with Crippen LogP contribution in [0.25, 0.3) is 17.3 Å². The molecule has 0 spiro atoms. The molecule has 2 heterocycles. The molecule has 9 heteroatoms. The van der Waals surface area contributed by atoms with Crippen LogP contribution in [0.4, 0.5) is 8.78 Å². The fraction of sp³-hybridized carbons (Fsp3) is 0.0952. The number of nitrogens with zero attached hydrogens (tertiary/aromatic N) is 3. The third-order valence-electron chi connectivity index (χ3n) is 4.12. The molecular weight excluding hydrogens is 412 g/mol. The molecule has 2 aromatic carbocycles. The Balaban J connectivity index is 1.54. The fourth-order valence-electron chi connectivity index (χ4n) is 2.77. The van der Waals surface area contributed by atoms with Gasteiger partial charge in [0.05, 0.1) is 12.0 Å². The lowest BCUT2D eigenvalue weighted by Gasteiger charge is -2.09. The van der Waals surface area contributed by atoms with Crippen molar-refractivity contribution < 1.29 is 22.7 Å². The maximum atomic E-state index is 12.5. The molecule has 4 rings (SSSR count). The summed E-state index contributed by atoms with van der Waals surface area (Å²) < 4.78 is 36.1. The quantitative estimate of drug-likeness (QED) is 0.288. The molecule has 0 fully saturated rings. The smallest absolute Gasteiger partial charge is 0.387 e. The van der Waals surface area contributed by atoms with E-state index in [2.05, 4.69) is 14.9 Å². The van der Waals surface area contributed by atoms with Gasteiger partial charge in [-0.05, 0) is 48.5 Å². The first kappa shape index (κ1) is 19.8. The van der Waals surface area contributed by atoms with E-state index in [0.717, 1.165) is 5.69 Å². The fourth-order valence-corrected chi connectivity index (χ4v) is 3.62. The van der Waals surface area contributed by atoms with E-state index >= 15 is 0 Å². The SMILES string of the molecule is O=C(CSc1nnc(-c2ccco2)n1-c1ccccc1)c1ccc(OC(F)F)cc1. The molecule has 0 aliphatic carbocycles. The topological polar surface area (TPSA) is 70.2 Å². The van der Waals surface area contributed by atoms with Gasteiger partial charge >= 0.3 is 6.61 Å². The highest BCUT2D eigenvalue weighted by Crippen LogP contribution is 2.28. The normalized spacial score (nSPS) is 11.0. The number of ether oxygens (including phenoxy) is 1. The largest absolute Gasteiger partial charge is 0.461 e. The van der Waals surface area contributed by atoms with Crippen LogP contribution >= 0.6 is 11.8 Å². The summed E-state index contributed by atoms with van der Waals surface area (Å²) in [7, 11) is 0. The lowest BCUT2D eigenvalue weighted by Crippen LogP contribution is -2.06. The van der Waals surface area contributed by atoms with Gasteiger partial charge in [0.15, 0.2) is 16.7 Å². The van der Waals surface area contributed by atoms with Crippen LogP contribution in [0.15, 0.2) is 82.6 Å². The Labute approximate surface area is 174 Å². The molecule has 0 saturated carbocycles. The van der Waals surface area contributed by atoms with Crippen molar-refractivity contribution >= 4 is 17.5 Å². The number of para-hydroxylation sites is 1. The van der Waals surface area contributed by atoms with Crippen LogP contribution in [0.2, 0.25) is 0 Å². The summed E-state index contributed by atoms with van der Waals surface area (Å²) in [5, 5.41) is 8.97. The van der Waals surface area contributed by atoms with Crippen LogP contribution in [-0.4, -0.2) is 32.9 Å². The first-order valence-electron chi connectivity index (χ1n) is 8.87. The van der Waals surface area contributed by atoms with Crippen LogP contribution in [0, 0.1) is 0 Å². The van der Waals surface area contributed by atoms with Gasteiger partial charge in [-0.1, -0.05) is 30.0 Å². The highest BCUT2D eigenvalue weighted by molar-refractivity contribution is 7.99. The number of Topliss-reactive ketones (excluding diaryl/α,β-unsaturated/α-hetero) is 1. The summed E-state index contributed by atoms with van der Waals surface area (Å²) in [6.07, 6.45) is 1.55. The average Bonchev–Trinajstić information content (AvgIpc) is 3.42. The Morgan fingerprint density at radius 2 is 1.80 bits per heavy atom. The zero-order valence-corrected chi connectivity index (χ0v) is 16.3. The lowest BCUT2D eigenvalue weighted by molar-refractivity contribution is -0.0498. The number of hydrogen-bond acceptors (Lipinski definition) is 6. The van der Waals surface area contributed by atoms with Crippen molar-refractivity contribution in [2.45, 2.75) is 11.8 Å². The van der Waals surface area contributed by atoms with Crippen molar-refractivity contribution in [1.29, 1.82) is 0 Å². The van der Waals surface area contributed by atoms with E-state index in [1.165, 1.54) is 36.0 Å². The van der Waals surface area contributed by atoms with Crippen molar-refractivity contribution in [3.8, 4) is 23.0 Å². The highest BCUT2D eigenvalue weighted by Gasteiger charge is 2.19. The summed E-state index contributed by atoms with van der Waals surface area (Å²) in [5.41, 5.74) is 1.22. The van der Waals surface area contributed by atoms with Crippen molar-refractivity contribution in [1.82, 2.24) is 14.8 Å². The molecule has 0 aliphatic heterocycles. The van der Waals surface area contributed by atoms with Gasteiger partial charge in [0.2, 0.25) is 5.82 Å². The second-order valence-corrected chi connectivity index (χ2v) is 7.01. The molecule has 0 atom stereocenters. The first-order chi connectivity index (χ1) is 14.6. The van der Waals surface area contributed by atoms with E-state index < -0.39 is 6.61 Å². The van der Waals surface area contributed by atoms with Gasteiger partial charge in [0, 0.05) is 11.3 Å². The maximum Gasteiger partial charge on any atom is 0.387 e. The minimum absolute atomic E-state index is 0.00103. The van der Waals surface area contributed by atoms with Crippen molar-refractivity contribution in [3.05, 3.63) is 78.6 Å². The summed E-state index contributed by atoms with van der Waals surface area (Å²) >= 11 is 1.22. The van der Waals surface area contributed by atoms with Gasteiger partial charge in [-0.25, -0.2) is 0 Å². The predicted molar refractivity (Wildman–Crippen MR) is 107 cm³/mol. The summed E-state index contributed by atoms with van der Waals surface area (Å²) in [6, 6.07) is 18.6. The van der Waals surface area contributed by atoms with Gasteiger partial charge in [0.1, 0.15) is 5.75 Å². The monoisotopic (exact) mass is 427 g/mol. The highest BCUT2D eigenvalue weighted by atomic mass is 32.2. The molecule has 6 nitrogen and oxygen atoms in total. The molecule has 0 radical (unpaired) electrons. The zero-order valence-electron chi connectivity index (χ0n) is 15.4. The van der Waals surface area contributed by atoms with Crippen molar-refractivity contribution in [3.63, 3.8) is 0 Å². The van der Waals surface area contributed by atoms with E-state index in [1.807, 2.05) is 34.9 Å². The second kappa shape index (κ2) is 8.91. The molecule has 30 heavy (non-hydrogen) atoms. The van der Waals surface area contributed by atoms with E-state index in [4.69, 9.17) is 4.42 Å². The van der Waals surface area contributed by atoms with Crippen molar-refractivity contribution in [2.24, 2.45) is 0 Å². The number of rotatable bonds is 8. The van der Waals surface area contributed by atoms with Gasteiger partial charge in [-0.2, -0.15) is 8.78 Å². The molecule has 2 aromatic heterocycles. The molecule has 0 saturated heterocycles. The summed E-state index contributed by atoms with van der Waals surface area (Å²) in [6.45, 7) is -2.91. The van der Waals surface area contributed by atoms with Crippen LogP contribution < -0.4 is 4.74 Å². The summed E-state index contributed by atoms with van der Waals surface area (Å²) in [5.74, 6) is 0.999. The van der Waals surface area contributed by atoms with Crippen molar-refractivity contribution in [2.75, 3.05) is 5.75 Å². The molecule has 0 bridgehead atoms. The zero-order chi connectivity index (χ0) is 20.9. The molecule has 0 N–H and O–H groups in total. The number of benzene rings is 2. The van der Waals surface area contributed by atoms with Crippen LogP contribution in [0.3, 0.4) is 0 Å². The number of hydrogen-bond donors (Lipinski definition) is 0. The predicted octanol–water partition coefficient (Wildman–Crippen LogP) is 5.10. The number of alkyl halides is 2. The van der Waals surface area contributed by atoms with E-state index in [0.29, 0.717) is 22.3 Å². The Morgan fingerprint density at radius 3 is 2.47 bits per heavy atom. The molecule has 0 aliphatic rings. The number of ketones is 1. The molecule has 4 aromatic rings. The van der Waals surface area contributed by atoms with Gasteiger partial charge in [-0.15, -0.1) is 10.2 Å². The van der Waals surface area contributed by atoms with Crippen LogP contribution in [0.5, 0.6) is 5.75 Å². The Bertz CT molecular complexity index is 1110. The third-order valence-corrected chi connectivity index (χ3v) is 5.05. The third kappa shape index (κ3) is 4.41.